The molecule has 0 fully saturated rings. The minimum atomic E-state index is -0.448. The molecule has 0 saturated heterocycles. The van der Waals surface area contributed by atoms with Crippen LogP contribution >= 0.6 is 11.6 Å². The van der Waals surface area contributed by atoms with Gasteiger partial charge >= 0.3 is 0 Å². The maximum atomic E-state index is 10.9. The first-order valence-corrected chi connectivity index (χ1v) is 5.19. The summed E-state index contributed by atoms with van der Waals surface area (Å²) in [5, 5.41) is 20.3. The Bertz CT molecular complexity index is 584. The quantitative estimate of drug-likeness (QED) is 0.653. The molecule has 0 unspecified atom stereocenters. The molecule has 0 aliphatic carbocycles. The smallest absolute Gasteiger partial charge is 0.277 e. The van der Waals surface area contributed by atoms with Gasteiger partial charge in [-0.25, -0.2) is 0 Å². The fraction of sp³-hybridized carbons (Fsp3) is 0. The number of phenolic OH excluding ortho intramolecular Hbond substituents is 1. The van der Waals surface area contributed by atoms with E-state index in [1.807, 2.05) is 0 Å². The van der Waals surface area contributed by atoms with E-state index in [2.05, 4.69) is 0 Å². The Balaban J connectivity index is 2.60. The van der Waals surface area contributed by atoms with Crippen LogP contribution in [0.2, 0.25) is 5.02 Å². The van der Waals surface area contributed by atoms with Gasteiger partial charge in [-0.2, -0.15) is 0 Å². The van der Waals surface area contributed by atoms with Crippen LogP contribution in [0.3, 0.4) is 0 Å². The summed E-state index contributed by atoms with van der Waals surface area (Å²) in [5.41, 5.74) is 1.08. The molecule has 0 radical (unpaired) electrons. The second-order valence-corrected chi connectivity index (χ2v) is 3.85. The molecular formula is C12H8ClNO3. The van der Waals surface area contributed by atoms with Crippen molar-refractivity contribution in [1.29, 1.82) is 0 Å². The molecule has 0 aliphatic heterocycles. The molecule has 2 rings (SSSR count). The van der Waals surface area contributed by atoms with Gasteiger partial charge in [-0.05, 0) is 23.8 Å². The SMILES string of the molecule is O=[N+]([O-])c1ccccc1-c1ccc(O)c(Cl)c1. The summed E-state index contributed by atoms with van der Waals surface area (Å²) in [5.74, 6) is -0.0472. The zero-order chi connectivity index (χ0) is 12.4. The predicted molar refractivity (Wildman–Crippen MR) is 65.2 cm³/mol. The second kappa shape index (κ2) is 4.43. The topological polar surface area (TPSA) is 63.4 Å². The van der Waals surface area contributed by atoms with Crippen LogP contribution in [-0.4, -0.2) is 10.0 Å². The van der Waals surface area contributed by atoms with Gasteiger partial charge in [0.15, 0.2) is 0 Å². The maximum Gasteiger partial charge on any atom is 0.277 e. The highest BCUT2D eigenvalue weighted by atomic mass is 35.5. The Kier molecular flexibility index (Phi) is 2.97. The van der Waals surface area contributed by atoms with E-state index in [1.165, 1.54) is 18.2 Å². The van der Waals surface area contributed by atoms with E-state index < -0.39 is 4.92 Å². The van der Waals surface area contributed by atoms with Crippen molar-refractivity contribution in [3.8, 4) is 16.9 Å². The number of hydrogen-bond donors (Lipinski definition) is 1. The largest absolute Gasteiger partial charge is 0.506 e. The summed E-state index contributed by atoms with van der Waals surface area (Å²) in [7, 11) is 0. The molecule has 2 aromatic rings. The number of halogens is 1. The average Bonchev–Trinajstić information content (AvgIpc) is 2.32. The molecule has 0 amide bonds. The summed E-state index contributed by atoms with van der Waals surface area (Å²) >= 11 is 5.78. The Morgan fingerprint density at radius 3 is 2.53 bits per heavy atom. The molecule has 0 atom stereocenters. The van der Waals surface area contributed by atoms with Gasteiger partial charge in [0.25, 0.3) is 5.69 Å². The predicted octanol–water partition coefficient (Wildman–Crippen LogP) is 3.62. The fourth-order valence-corrected chi connectivity index (χ4v) is 1.73. The molecule has 0 aromatic heterocycles. The highest BCUT2D eigenvalue weighted by molar-refractivity contribution is 6.32. The molecular weight excluding hydrogens is 242 g/mol. The van der Waals surface area contributed by atoms with Gasteiger partial charge in [0, 0.05) is 6.07 Å². The van der Waals surface area contributed by atoms with Crippen molar-refractivity contribution in [1.82, 2.24) is 0 Å². The fourth-order valence-electron chi connectivity index (χ4n) is 1.55. The third kappa shape index (κ3) is 2.21. The van der Waals surface area contributed by atoms with Gasteiger partial charge < -0.3 is 5.11 Å². The van der Waals surface area contributed by atoms with E-state index in [0.29, 0.717) is 11.1 Å². The number of aromatic hydroxyl groups is 1. The first kappa shape index (κ1) is 11.4. The second-order valence-electron chi connectivity index (χ2n) is 3.44. The van der Waals surface area contributed by atoms with Crippen molar-refractivity contribution in [2.24, 2.45) is 0 Å². The zero-order valence-corrected chi connectivity index (χ0v) is 9.39. The normalized spacial score (nSPS) is 10.2. The lowest BCUT2D eigenvalue weighted by Crippen LogP contribution is -1.91. The van der Waals surface area contributed by atoms with Crippen molar-refractivity contribution in [2.75, 3.05) is 0 Å². The maximum absolute atomic E-state index is 10.9. The highest BCUT2D eigenvalue weighted by Gasteiger charge is 2.14. The Labute approximate surface area is 102 Å². The number of para-hydroxylation sites is 1. The van der Waals surface area contributed by atoms with Crippen molar-refractivity contribution >= 4 is 17.3 Å². The van der Waals surface area contributed by atoms with Crippen LogP contribution in [0.4, 0.5) is 5.69 Å². The van der Waals surface area contributed by atoms with E-state index in [1.54, 1.807) is 24.3 Å². The average molecular weight is 250 g/mol. The van der Waals surface area contributed by atoms with Crippen LogP contribution in [-0.2, 0) is 0 Å². The third-order valence-electron chi connectivity index (χ3n) is 2.36. The van der Waals surface area contributed by atoms with Crippen LogP contribution in [0.1, 0.15) is 0 Å². The summed E-state index contributed by atoms with van der Waals surface area (Å²) < 4.78 is 0. The number of phenols is 1. The Hall–Kier alpha value is -2.07. The van der Waals surface area contributed by atoms with Crippen molar-refractivity contribution in [3.63, 3.8) is 0 Å². The number of nitrogens with zero attached hydrogens (tertiary/aromatic N) is 1. The number of nitro benzene ring substituents is 1. The summed E-state index contributed by atoms with van der Waals surface area (Å²) in [6.07, 6.45) is 0. The summed E-state index contributed by atoms with van der Waals surface area (Å²) in [6, 6.07) is 10.9. The monoisotopic (exact) mass is 249 g/mol. The van der Waals surface area contributed by atoms with E-state index in [0.717, 1.165) is 0 Å². The molecule has 0 spiro atoms. The van der Waals surface area contributed by atoms with Gasteiger partial charge in [-0.3, -0.25) is 10.1 Å². The van der Waals surface area contributed by atoms with Gasteiger partial charge in [0.05, 0.1) is 15.5 Å². The van der Waals surface area contributed by atoms with Crippen LogP contribution < -0.4 is 0 Å². The van der Waals surface area contributed by atoms with E-state index in [-0.39, 0.29) is 16.5 Å². The van der Waals surface area contributed by atoms with Crippen LogP contribution in [0.25, 0.3) is 11.1 Å². The van der Waals surface area contributed by atoms with Gasteiger partial charge in [0.2, 0.25) is 0 Å². The van der Waals surface area contributed by atoms with Crippen LogP contribution in [0.5, 0.6) is 5.75 Å². The molecule has 0 heterocycles. The molecule has 86 valence electrons. The van der Waals surface area contributed by atoms with E-state index in [9.17, 15) is 15.2 Å². The molecule has 5 heteroatoms. The summed E-state index contributed by atoms with van der Waals surface area (Å²) in [4.78, 5) is 10.4. The number of hydrogen-bond acceptors (Lipinski definition) is 3. The first-order chi connectivity index (χ1) is 8.09. The van der Waals surface area contributed by atoms with Crippen molar-refractivity contribution < 1.29 is 10.0 Å². The van der Waals surface area contributed by atoms with Crippen LogP contribution in [0, 0.1) is 10.1 Å². The van der Waals surface area contributed by atoms with Gasteiger partial charge in [-0.1, -0.05) is 29.8 Å². The van der Waals surface area contributed by atoms with Crippen LogP contribution in [0.15, 0.2) is 42.5 Å². The number of rotatable bonds is 2. The zero-order valence-electron chi connectivity index (χ0n) is 8.63. The molecule has 0 bridgehead atoms. The molecule has 17 heavy (non-hydrogen) atoms. The van der Waals surface area contributed by atoms with E-state index >= 15 is 0 Å². The molecule has 0 saturated carbocycles. The third-order valence-corrected chi connectivity index (χ3v) is 2.66. The lowest BCUT2D eigenvalue weighted by molar-refractivity contribution is -0.384. The standard InChI is InChI=1S/C12H8ClNO3/c13-10-7-8(5-6-12(10)15)9-3-1-2-4-11(9)14(16)17/h1-7,15H. The number of benzene rings is 2. The molecule has 4 nitrogen and oxygen atoms in total. The van der Waals surface area contributed by atoms with E-state index in [4.69, 9.17) is 11.6 Å². The van der Waals surface area contributed by atoms with Gasteiger partial charge in [-0.15, -0.1) is 0 Å². The summed E-state index contributed by atoms with van der Waals surface area (Å²) in [6.45, 7) is 0. The highest BCUT2D eigenvalue weighted by Crippen LogP contribution is 2.33. The molecule has 1 N–H and O–H groups in total. The minimum absolute atomic E-state index is 0.00857. The molecule has 2 aromatic carbocycles. The Morgan fingerprint density at radius 2 is 1.88 bits per heavy atom. The Morgan fingerprint density at radius 1 is 1.18 bits per heavy atom. The minimum Gasteiger partial charge on any atom is -0.506 e. The lowest BCUT2D eigenvalue weighted by Gasteiger charge is -2.04. The molecule has 0 aliphatic rings. The van der Waals surface area contributed by atoms with Crippen molar-refractivity contribution in [3.05, 3.63) is 57.6 Å². The number of nitro groups is 1. The lowest BCUT2D eigenvalue weighted by atomic mass is 10.0. The van der Waals surface area contributed by atoms with Crippen molar-refractivity contribution in [2.45, 2.75) is 0 Å². The van der Waals surface area contributed by atoms with Gasteiger partial charge in [0.1, 0.15) is 5.75 Å². The first-order valence-electron chi connectivity index (χ1n) is 4.82.